The Morgan fingerprint density at radius 2 is 2.26 bits per heavy atom. The molecule has 3 nitrogen and oxygen atoms in total. The highest BCUT2D eigenvalue weighted by atomic mass is 35.5. The van der Waals surface area contributed by atoms with Crippen LogP contribution in [0.5, 0.6) is 0 Å². The highest BCUT2D eigenvalue weighted by Crippen LogP contribution is 2.31. The molecular formula is C15H23ClN2O. The van der Waals surface area contributed by atoms with Crippen molar-refractivity contribution in [2.75, 3.05) is 24.6 Å². The summed E-state index contributed by atoms with van der Waals surface area (Å²) in [5.41, 5.74) is 2.37. The summed E-state index contributed by atoms with van der Waals surface area (Å²) >= 11 is 6.35. The van der Waals surface area contributed by atoms with Crippen LogP contribution in [0.2, 0.25) is 5.02 Å². The Kier molecular flexibility index (Phi) is 5.08. The summed E-state index contributed by atoms with van der Waals surface area (Å²) in [5, 5.41) is 13.5. The van der Waals surface area contributed by atoms with Crippen LogP contribution in [-0.4, -0.2) is 30.8 Å². The van der Waals surface area contributed by atoms with Crippen LogP contribution in [0, 0.1) is 5.92 Å². The molecule has 0 bridgehead atoms. The van der Waals surface area contributed by atoms with Gasteiger partial charge in [-0.2, -0.15) is 0 Å². The fourth-order valence-electron chi connectivity index (χ4n) is 2.53. The number of benzene rings is 1. The molecule has 0 amide bonds. The van der Waals surface area contributed by atoms with Gasteiger partial charge in [-0.1, -0.05) is 31.5 Å². The minimum atomic E-state index is 0.274. The second-order valence-corrected chi connectivity index (χ2v) is 5.96. The van der Waals surface area contributed by atoms with Crippen LogP contribution in [0.4, 0.5) is 5.69 Å². The van der Waals surface area contributed by atoms with Crippen molar-refractivity contribution >= 4 is 17.3 Å². The van der Waals surface area contributed by atoms with Gasteiger partial charge in [0.2, 0.25) is 0 Å². The first-order valence-electron chi connectivity index (χ1n) is 6.98. The summed E-state index contributed by atoms with van der Waals surface area (Å²) in [4.78, 5) is 2.34. The van der Waals surface area contributed by atoms with Gasteiger partial charge >= 0.3 is 0 Å². The molecule has 1 unspecified atom stereocenters. The molecule has 4 heteroatoms. The maximum atomic E-state index is 9.27. The fourth-order valence-corrected chi connectivity index (χ4v) is 2.76. The predicted octanol–water partition coefficient (Wildman–Crippen LogP) is 2.66. The molecule has 1 heterocycles. The number of aliphatic hydroxyl groups is 1. The topological polar surface area (TPSA) is 35.5 Å². The molecule has 19 heavy (non-hydrogen) atoms. The smallest absolute Gasteiger partial charge is 0.0476 e. The zero-order chi connectivity index (χ0) is 13.8. The molecule has 1 aliphatic heterocycles. The summed E-state index contributed by atoms with van der Waals surface area (Å²) in [6.45, 7) is 7.25. The predicted molar refractivity (Wildman–Crippen MR) is 80.8 cm³/mol. The molecule has 0 aromatic heterocycles. The Balaban J connectivity index is 2.17. The highest BCUT2D eigenvalue weighted by Gasteiger charge is 2.24. The molecule has 2 rings (SSSR count). The van der Waals surface area contributed by atoms with E-state index in [9.17, 15) is 5.11 Å². The van der Waals surface area contributed by atoms with E-state index >= 15 is 0 Å². The number of aliphatic hydroxyl groups excluding tert-OH is 1. The van der Waals surface area contributed by atoms with Crippen molar-refractivity contribution in [3.8, 4) is 0 Å². The number of nitrogens with one attached hydrogen (secondary N) is 1. The van der Waals surface area contributed by atoms with E-state index < -0.39 is 0 Å². The number of rotatable bonds is 5. The molecular weight excluding hydrogens is 260 g/mol. The van der Waals surface area contributed by atoms with Crippen LogP contribution in [-0.2, 0) is 6.54 Å². The molecule has 0 spiro atoms. The van der Waals surface area contributed by atoms with Crippen LogP contribution in [0.15, 0.2) is 18.2 Å². The van der Waals surface area contributed by atoms with Crippen molar-refractivity contribution in [3.05, 3.63) is 28.8 Å². The average Bonchev–Trinajstić information content (AvgIpc) is 2.85. The van der Waals surface area contributed by atoms with Gasteiger partial charge in [-0.25, -0.2) is 0 Å². The quantitative estimate of drug-likeness (QED) is 0.872. The van der Waals surface area contributed by atoms with E-state index in [1.54, 1.807) is 0 Å². The summed E-state index contributed by atoms with van der Waals surface area (Å²) in [7, 11) is 0. The SMILES string of the molecule is CC(C)NCc1c(Cl)cccc1N1CCC(CO)C1. The zero-order valence-electron chi connectivity index (χ0n) is 11.7. The molecule has 1 saturated heterocycles. The van der Waals surface area contributed by atoms with Crippen molar-refractivity contribution < 1.29 is 5.11 Å². The molecule has 2 N–H and O–H groups in total. The fraction of sp³-hybridized carbons (Fsp3) is 0.600. The molecule has 1 aliphatic rings. The standard InChI is InChI=1S/C15H23ClN2O/c1-11(2)17-8-13-14(16)4-3-5-15(13)18-7-6-12(9-18)10-19/h3-5,11-12,17,19H,6-10H2,1-2H3. The third kappa shape index (κ3) is 3.62. The normalized spacial score (nSPS) is 19.4. The van der Waals surface area contributed by atoms with Gasteiger partial charge in [-0.05, 0) is 18.6 Å². The number of nitrogens with zero attached hydrogens (tertiary/aromatic N) is 1. The second kappa shape index (κ2) is 6.60. The molecule has 1 aromatic rings. The monoisotopic (exact) mass is 282 g/mol. The van der Waals surface area contributed by atoms with Gasteiger partial charge in [0.1, 0.15) is 0 Å². The van der Waals surface area contributed by atoms with E-state index in [-0.39, 0.29) is 6.61 Å². The largest absolute Gasteiger partial charge is 0.396 e. The Morgan fingerprint density at radius 1 is 1.47 bits per heavy atom. The van der Waals surface area contributed by atoms with Crippen molar-refractivity contribution in [1.29, 1.82) is 0 Å². The first-order chi connectivity index (χ1) is 9.11. The molecule has 0 aliphatic carbocycles. The lowest BCUT2D eigenvalue weighted by atomic mass is 10.1. The molecule has 1 atom stereocenters. The third-order valence-corrected chi connectivity index (χ3v) is 4.02. The van der Waals surface area contributed by atoms with Gasteiger partial charge in [-0.3, -0.25) is 0 Å². The van der Waals surface area contributed by atoms with Crippen molar-refractivity contribution in [2.45, 2.75) is 32.9 Å². The van der Waals surface area contributed by atoms with Gasteiger partial charge in [-0.15, -0.1) is 0 Å². The Morgan fingerprint density at radius 3 is 2.89 bits per heavy atom. The van der Waals surface area contributed by atoms with E-state index in [2.05, 4.69) is 30.1 Å². The lowest BCUT2D eigenvalue weighted by Crippen LogP contribution is -2.26. The van der Waals surface area contributed by atoms with Crippen molar-refractivity contribution in [3.63, 3.8) is 0 Å². The Hall–Kier alpha value is -0.770. The second-order valence-electron chi connectivity index (χ2n) is 5.56. The van der Waals surface area contributed by atoms with Crippen LogP contribution >= 0.6 is 11.6 Å². The van der Waals surface area contributed by atoms with E-state index in [0.29, 0.717) is 12.0 Å². The molecule has 106 valence electrons. The van der Waals surface area contributed by atoms with E-state index in [1.807, 2.05) is 12.1 Å². The number of anilines is 1. The highest BCUT2D eigenvalue weighted by molar-refractivity contribution is 6.31. The summed E-state index contributed by atoms with van der Waals surface area (Å²) in [6.07, 6.45) is 1.06. The maximum absolute atomic E-state index is 9.27. The molecule has 0 radical (unpaired) electrons. The van der Waals surface area contributed by atoms with Gasteiger partial charge in [0.05, 0.1) is 0 Å². The van der Waals surface area contributed by atoms with Crippen molar-refractivity contribution in [1.82, 2.24) is 5.32 Å². The number of hydrogen-bond acceptors (Lipinski definition) is 3. The Bertz CT molecular complexity index is 423. The maximum Gasteiger partial charge on any atom is 0.0476 e. The summed E-state index contributed by atoms with van der Waals surface area (Å²) < 4.78 is 0. The first kappa shape index (κ1) is 14.6. The van der Waals surface area contributed by atoms with Gasteiger partial charge in [0, 0.05) is 54.5 Å². The van der Waals surface area contributed by atoms with E-state index in [1.165, 1.54) is 5.69 Å². The van der Waals surface area contributed by atoms with E-state index in [4.69, 9.17) is 11.6 Å². The van der Waals surface area contributed by atoms with Crippen LogP contribution in [0.3, 0.4) is 0 Å². The molecule has 1 aromatic carbocycles. The lowest BCUT2D eigenvalue weighted by Gasteiger charge is -2.23. The van der Waals surface area contributed by atoms with Crippen LogP contribution in [0.25, 0.3) is 0 Å². The van der Waals surface area contributed by atoms with E-state index in [0.717, 1.165) is 36.6 Å². The van der Waals surface area contributed by atoms with Crippen LogP contribution < -0.4 is 10.2 Å². The molecule has 1 fully saturated rings. The first-order valence-corrected chi connectivity index (χ1v) is 7.36. The van der Waals surface area contributed by atoms with Gasteiger partial charge in [0.25, 0.3) is 0 Å². The van der Waals surface area contributed by atoms with Gasteiger partial charge < -0.3 is 15.3 Å². The van der Waals surface area contributed by atoms with Crippen molar-refractivity contribution in [2.24, 2.45) is 5.92 Å². The number of halogens is 1. The van der Waals surface area contributed by atoms with Crippen LogP contribution in [0.1, 0.15) is 25.8 Å². The van der Waals surface area contributed by atoms with Gasteiger partial charge in [0.15, 0.2) is 0 Å². The molecule has 0 saturated carbocycles. The Labute approximate surface area is 120 Å². The summed E-state index contributed by atoms with van der Waals surface area (Å²) in [5.74, 6) is 0.393. The minimum Gasteiger partial charge on any atom is -0.396 e. The summed E-state index contributed by atoms with van der Waals surface area (Å²) in [6, 6.07) is 6.52. The third-order valence-electron chi connectivity index (χ3n) is 3.67. The average molecular weight is 283 g/mol. The zero-order valence-corrected chi connectivity index (χ0v) is 12.5. The minimum absolute atomic E-state index is 0.274. The lowest BCUT2D eigenvalue weighted by molar-refractivity contribution is 0.238. The number of hydrogen-bond donors (Lipinski definition) is 2.